The maximum Gasteiger partial charge on any atom is 0.329 e. The lowest BCUT2D eigenvalue weighted by molar-refractivity contribution is -0.150. The maximum absolute atomic E-state index is 12.4. The average molecular weight is 283 g/mol. The SMILES string of the molecule is CCC1OCCC1C(=O)NC1(C(=O)O)CCC(C)CC1. The molecule has 2 aliphatic rings. The van der Waals surface area contributed by atoms with Crippen molar-refractivity contribution in [2.45, 2.75) is 64.0 Å². The van der Waals surface area contributed by atoms with Crippen molar-refractivity contribution >= 4 is 11.9 Å². The Morgan fingerprint density at radius 3 is 2.50 bits per heavy atom. The number of rotatable bonds is 4. The predicted molar refractivity (Wildman–Crippen MR) is 74.3 cm³/mol. The van der Waals surface area contributed by atoms with Gasteiger partial charge in [-0.2, -0.15) is 0 Å². The normalized spacial score (nSPS) is 37.6. The summed E-state index contributed by atoms with van der Waals surface area (Å²) in [7, 11) is 0. The summed E-state index contributed by atoms with van der Waals surface area (Å²) < 4.78 is 5.53. The van der Waals surface area contributed by atoms with Crippen LogP contribution in [0.2, 0.25) is 0 Å². The number of carbonyl (C=O) groups excluding carboxylic acids is 1. The second-order valence-electron chi connectivity index (χ2n) is 6.27. The van der Waals surface area contributed by atoms with Crippen LogP contribution in [0.5, 0.6) is 0 Å². The topological polar surface area (TPSA) is 75.6 Å². The summed E-state index contributed by atoms with van der Waals surface area (Å²) in [6.07, 6.45) is 4.17. The Labute approximate surface area is 120 Å². The third-order valence-electron chi connectivity index (χ3n) is 4.85. The molecule has 1 saturated heterocycles. The van der Waals surface area contributed by atoms with Crippen molar-refractivity contribution in [1.82, 2.24) is 5.32 Å². The number of hydrogen-bond acceptors (Lipinski definition) is 3. The van der Waals surface area contributed by atoms with Crippen LogP contribution in [-0.4, -0.2) is 35.2 Å². The Morgan fingerprint density at radius 1 is 1.30 bits per heavy atom. The van der Waals surface area contributed by atoms with Gasteiger partial charge in [0.15, 0.2) is 0 Å². The summed E-state index contributed by atoms with van der Waals surface area (Å²) in [4.78, 5) is 24.1. The van der Waals surface area contributed by atoms with E-state index in [1.165, 1.54) is 0 Å². The van der Waals surface area contributed by atoms with Crippen LogP contribution < -0.4 is 5.32 Å². The minimum absolute atomic E-state index is 0.0663. The first kappa shape index (κ1) is 15.3. The van der Waals surface area contributed by atoms with E-state index < -0.39 is 11.5 Å². The van der Waals surface area contributed by atoms with E-state index >= 15 is 0 Å². The van der Waals surface area contributed by atoms with Crippen LogP contribution in [0.25, 0.3) is 0 Å². The molecule has 0 aromatic heterocycles. The van der Waals surface area contributed by atoms with E-state index in [2.05, 4.69) is 12.2 Å². The molecular weight excluding hydrogens is 258 g/mol. The fraction of sp³-hybridized carbons (Fsp3) is 0.867. The smallest absolute Gasteiger partial charge is 0.329 e. The molecule has 0 aromatic rings. The van der Waals surface area contributed by atoms with E-state index in [1.54, 1.807) is 0 Å². The first-order valence-electron chi connectivity index (χ1n) is 7.65. The summed E-state index contributed by atoms with van der Waals surface area (Å²) in [5.41, 5.74) is -1.07. The molecule has 114 valence electrons. The van der Waals surface area contributed by atoms with Gasteiger partial charge < -0.3 is 15.2 Å². The summed E-state index contributed by atoms with van der Waals surface area (Å²) in [5, 5.41) is 12.4. The number of nitrogens with one attached hydrogen (secondary N) is 1. The zero-order valence-electron chi connectivity index (χ0n) is 12.4. The summed E-state index contributed by atoms with van der Waals surface area (Å²) in [6, 6.07) is 0. The Balaban J connectivity index is 2.05. The van der Waals surface area contributed by atoms with Crippen LogP contribution in [0.1, 0.15) is 52.4 Å². The van der Waals surface area contributed by atoms with Crippen molar-refractivity contribution in [3.8, 4) is 0 Å². The van der Waals surface area contributed by atoms with E-state index in [-0.39, 0.29) is 17.9 Å². The summed E-state index contributed by atoms with van der Waals surface area (Å²) in [5.74, 6) is -0.704. The lowest BCUT2D eigenvalue weighted by Gasteiger charge is -2.37. The fourth-order valence-corrected chi connectivity index (χ4v) is 3.33. The average Bonchev–Trinajstić information content (AvgIpc) is 2.89. The molecule has 1 aliphatic carbocycles. The number of carbonyl (C=O) groups is 2. The minimum atomic E-state index is -1.07. The van der Waals surface area contributed by atoms with E-state index in [1.807, 2.05) is 6.92 Å². The van der Waals surface area contributed by atoms with Gasteiger partial charge in [0.05, 0.1) is 12.0 Å². The summed E-state index contributed by atoms with van der Waals surface area (Å²) >= 11 is 0. The number of aliphatic carboxylic acids is 1. The van der Waals surface area contributed by atoms with Crippen LogP contribution in [0.3, 0.4) is 0 Å². The van der Waals surface area contributed by atoms with Gasteiger partial charge in [0.25, 0.3) is 0 Å². The van der Waals surface area contributed by atoms with Gasteiger partial charge >= 0.3 is 5.97 Å². The monoisotopic (exact) mass is 283 g/mol. The fourth-order valence-electron chi connectivity index (χ4n) is 3.33. The van der Waals surface area contributed by atoms with Crippen LogP contribution in [-0.2, 0) is 14.3 Å². The minimum Gasteiger partial charge on any atom is -0.480 e. The molecule has 0 spiro atoms. The Morgan fingerprint density at radius 2 is 1.95 bits per heavy atom. The van der Waals surface area contributed by atoms with Gasteiger partial charge in [-0.15, -0.1) is 0 Å². The highest BCUT2D eigenvalue weighted by atomic mass is 16.5. The van der Waals surface area contributed by atoms with Crippen LogP contribution in [0.15, 0.2) is 0 Å². The van der Waals surface area contributed by atoms with Gasteiger partial charge in [0.2, 0.25) is 5.91 Å². The maximum atomic E-state index is 12.4. The molecule has 1 heterocycles. The van der Waals surface area contributed by atoms with Crippen molar-refractivity contribution in [2.24, 2.45) is 11.8 Å². The highest BCUT2D eigenvalue weighted by Gasteiger charge is 2.45. The number of hydrogen-bond donors (Lipinski definition) is 2. The molecule has 2 unspecified atom stereocenters. The molecule has 2 rings (SSSR count). The van der Waals surface area contributed by atoms with Gasteiger partial charge in [0, 0.05) is 6.61 Å². The highest BCUT2D eigenvalue weighted by molar-refractivity contribution is 5.88. The lowest BCUT2D eigenvalue weighted by atomic mass is 9.76. The molecule has 0 radical (unpaired) electrons. The van der Waals surface area contributed by atoms with Gasteiger partial charge in [0.1, 0.15) is 5.54 Å². The molecule has 1 amide bonds. The molecule has 1 aliphatic heterocycles. The molecular formula is C15H25NO4. The zero-order chi connectivity index (χ0) is 14.8. The van der Waals surface area contributed by atoms with Gasteiger partial charge in [-0.25, -0.2) is 4.79 Å². The predicted octanol–water partition coefficient (Wildman–Crippen LogP) is 1.95. The summed E-state index contributed by atoms with van der Waals surface area (Å²) in [6.45, 7) is 4.71. The Kier molecular flexibility index (Phi) is 4.68. The molecule has 2 atom stereocenters. The third kappa shape index (κ3) is 2.97. The molecule has 0 aromatic carbocycles. The van der Waals surface area contributed by atoms with E-state index in [0.29, 0.717) is 31.8 Å². The lowest BCUT2D eigenvalue weighted by Crippen LogP contribution is -2.58. The highest BCUT2D eigenvalue weighted by Crippen LogP contribution is 2.33. The van der Waals surface area contributed by atoms with E-state index in [0.717, 1.165) is 19.3 Å². The quantitative estimate of drug-likeness (QED) is 0.827. The molecule has 0 bridgehead atoms. The number of carboxylic acid groups (broad SMARTS) is 1. The molecule has 2 fully saturated rings. The van der Waals surface area contributed by atoms with Crippen LogP contribution >= 0.6 is 0 Å². The number of carboxylic acids is 1. The third-order valence-corrected chi connectivity index (χ3v) is 4.85. The van der Waals surface area contributed by atoms with Gasteiger partial charge in [-0.3, -0.25) is 4.79 Å². The van der Waals surface area contributed by atoms with Crippen molar-refractivity contribution in [3.05, 3.63) is 0 Å². The second kappa shape index (κ2) is 6.12. The van der Waals surface area contributed by atoms with E-state index in [4.69, 9.17) is 4.74 Å². The largest absolute Gasteiger partial charge is 0.480 e. The second-order valence-corrected chi connectivity index (χ2v) is 6.27. The van der Waals surface area contributed by atoms with Crippen LogP contribution in [0.4, 0.5) is 0 Å². The Bertz CT molecular complexity index is 374. The first-order chi connectivity index (χ1) is 9.48. The van der Waals surface area contributed by atoms with Crippen molar-refractivity contribution in [1.29, 1.82) is 0 Å². The molecule has 2 N–H and O–H groups in total. The number of amides is 1. The van der Waals surface area contributed by atoms with E-state index in [9.17, 15) is 14.7 Å². The number of ether oxygens (including phenoxy) is 1. The molecule has 5 heteroatoms. The molecule has 1 saturated carbocycles. The Hall–Kier alpha value is -1.10. The van der Waals surface area contributed by atoms with Gasteiger partial charge in [-0.1, -0.05) is 13.8 Å². The molecule has 5 nitrogen and oxygen atoms in total. The van der Waals surface area contributed by atoms with Crippen molar-refractivity contribution in [2.75, 3.05) is 6.61 Å². The first-order valence-corrected chi connectivity index (χ1v) is 7.65. The zero-order valence-corrected chi connectivity index (χ0v) is 12.4. The van der Waals surface area contributed by atoms with Crippen LogP contribution in [0, 0.1) is 11.8 Å². The molecule has 20 heavy (non-hydrogen) atoms. The van der Waals surface area contributed by atoms with Crippen molar-refractivity contribution in [3.63, 3.8) is 0 Å². The van der Waals surface area contributed by atoms with Gasteiger partial charge in [-0.05, 0) is 44.4 Å². The standard InChI is InChI=1S/C15H25NO4/c1-3-12-11(6-9-20-12)13(17)16-15(14(18)19)7-4-10(2)5-8-15/h10-12H,3-9H2,1-2H3,(H,16,17)(H,18,19). The van der Waals surface area contributed by atoms with Crippen molar-refractivity contribution < 1.29 is 19.4 Å².